The zero-order valence-corrected chi connectivity index (χ0v) is 11.6. The predicted octanol–water partition coefficient (Wildman–Crippen LogP) is 3.26. The summed E-state index contributed by atoms with van der Waals surface area (Å²) in [6.45, 7) is 1.87. The standard InChI is InChI=1S/C16H24O3/c1-2-3-4-5-6-7-15(18)13-8-10-14(11-9-13)16(19)12-17/h8-11,16-17,19H,2-7,12H2,1H3. The van der Waals surface area contributed by atoms with Crippen molar-refractivity contribution >= 4 is 5.78 Å². The van der Waals surface area contributed by atoms with Crippen molar-refractivity contribution < 1.29 is 15.0 Å². The fraction of sp³-hybridized carbons (Fsp3) is 0.562. The Morgan fingerprint density at radius 3 is 2.32 bits per heavy atom. The molecule has 2 N–H and O–H groups in total. The molecule has 3 heteroatoms. The Kier molecular flexibility index (Phi) is 7.38. The zero-order valence-electron chi connectivity index (χ0n) is 11.6. The van der Waals surface area contributed by atoms with Crippen molar-refractivity contribution in [3.05, 3.63) is 35.4 Å². The highest BCUT2D eigenvalue weighted by Gasteiger charge is 2.08. The first-order valence-corrected chi connectivity index (χ1v) is 7.11. The van der Waals surface area contributed by atoms with Gasteiger partial charge >= 0.3 is 0 Å². The number of aliphatic hydroxyl groups is 2. The van der Waals surface area contributed by atoms with Crippen LogP contribution in [-0.4, -0.2) is 22.6 Å². The second kappa shape index (κ2) is 8.83. The summed E-state index contributed by atoms with van der Waals surface area (Å²) in [6.07, 6.45) is 5.43. The lowest BCUT2D eigenvalue weighted by Gasteiger charge is -2.08. The number of carbonyl (C=O) groups is 1. The highest BCUT2D eigenvalue weighted by molar-refractivity contribution is 5.96. The number of carbonyl (C=O) groups excluding carboxylic acids is 1. The minimum absolute atomic E-state index is 0.154. The van der Waals surface area contributed by atoms with Crippen LogP contribution < -0.4 is 0 Å². The molecule has 0 bridgehead atoms. The third-order valence-electron chi connectivity index (χ3n) is 3.30. The van der Waals surface area contributed by atoms with Crippen LogP contribution in [0.5, 0.6) is 0 Å². The van der Waals surface area contributed by atoms with Crippen molar-refractivity contribution in [1.82, 2.24) is 0 Å². The van der Waals surface area contributed by atoms with Crippen LogP contribution in [0.4, 0.5) is 0 Å². The maximum atomic E-state index is 11.9. The first kappa shape index (κ1) is 15.9. The quantitative estimate of drug-likeness (QED) is 0.531. The Morgan fingerprint density at radius 1 is 1.11 bits per heavy atom. The molecule has 0 aliphatic heterocycles. The number of Topliss-reactive ketones (excluding diaryl/α,β-unsaturated/α-hetero) is 1. The highest BCUT2D eigenvalue weighted by atomic mass is 16.3. The molecule has 0 aliphatic rings. The van der Waals surface area contributed by atoms with E-state index in [1.54, 1.807) is 24.3 Å². The summed E-state index contributed by atoms with van der Waals surface area (Å²) >= 11 is 0. The Balaban J connectivity index is 2.40. The van der Waals surface area contributed by atoms with Crippen LogP contribution in [-0.2, 0) is 0 Å². The van der Waals surface area contributed by atoms with Crippen molar-refractivity contribution in [2.75, 3.05) is 6.61 Å². The van der Waals surface area contributed by atoms with Crippen LogP contribution in [0.3, 0.4) is 0 Å². The van der Waals surface area contributed by atoms with Gasteiger partial charge in [-0.3, -0.25) is 4.79 Å². The smallest absolute Gasteiger partial charge is 0.162 e. The van der Waals surface area contributed by atoms with E-state index in [4.69, 9.17) is 5.11 Å². The Labute approximate surface area is 115 Å². The summed E-state index contributed by atoms with van der Waals surface area (Å²) in [4.78, 5) is 11.9. The van der Waals surface area contributed by atoms with Crippen molar-refractivity contribution in [1.29, 1.82) is 0 Å². The highest BCUT2D eigenvalue weighted by Crippen LogP contribution is 2.15. The van der Waals surface area contributed by atoms with E-state index in [0.717, 1.165) is 12.8 Å². The second-order valence-electron chi connectivity index (χ2n) is 4.91. The summed E-state index contributed by atoms with van der Waals surface area (Å²) in [6, 6.07) is 6.85. The SMILES string of the molecule is CCCCCCCC(=O)c1ccc(C(O)CO)cc1. The molecule has 1 rings (SSSR count). The van der Waals surface area contributed by atoms with Gasteiger partial charge in [-0.25, -0.2) is 0 Å². The number of aliphatic hydroxyl groups excluding tert-OH is 2. The van der Waals surface area contributed by atoms with Crippen molar-refractivity contribution in [3.63, 3.8) is 0 Å². The molecule has 0 spiro atoms. The van der Waals surface area contributed by atoms with Crippen LogP contribution in [0.2, 0.25) is 0 Å². The summed E-state index contributed by atoms with van der Waals surface area (Å²) in [5.41, 5.74) is 1.33. The van der Waals surface area contributed by atoms with Crippen LogP contribution in [0.15, 0.2) is 24.3 Å². The first-order chi connectivity index (χ1) is 9.19. The van der Waals surface area contributed by atoms with Gasteiger partial charge in [-0.05, 0) is 12.0 Å². The molecule has 0 aliphatic carbocycles. The van der Waals surface area contributed by atoms with E-state index < -0.39 is 6.10 Å². The van der Waals surface area contributed by atoms with Gasteiger partial charge in [0, 0.05) is 12.0 Å². The summed E-state index contributed by atoms with van der Waals surface area (Å²) < 4.78 is 0. The molecular formula is C16H24O3. The monoisotopic (exact) mass is 264 g/mol. The Hall–Kier alpha value is -1.19. The fourth-order valence-corrected chi connectivity index (χ4v) is 2.03. The van der Waals surface area contributed by atoms with Crippen molar-refractivity contribution in [2.45, 2.75) is 51.6 Å². The van der Waals surface area contributed by atoms with Gasteiger partial charge in [-0.15, -0.1) is 0 Å². The first-order valence-electron chi connectivity index (χ1n) is 7.11. The minimum Gasteiger partial charge on any atom is -0.393 e. The van der Waals surface area contributed by atoms with Gasteiger partial charge in [0.1, 0.15) is 6.10 Å². The van der Waals surface area contributed by atoms with Gasteiger partial charge in [0.05, 0.1) is 6.61 Å². The average molecular weight is 264 g/mol. The maximum absolute atomic E-state index is 11.9. The van der Waals surface area contributed by atoms with E-state index in [0.29, 0.717) is 17.5 Å². The molecule has 1 aromatic rings. The number of rotatable bonds is 9. The molecule has 3 nitrogen and oxygen atoms in total. The second-order valence-corrected chi connectivity index (χ2v) is 4.91. The summed E-state index contributed by atoms with van der Waals surface area (Å²) in [7, 11) is 0. The number of ketones is 1. The molecular weight excluding hydrogens is 240 g/mol. The summed E-state index contributed by atoms with van der Waals surface area (Å²) in [5.74, 6) is 0.154. The molecule has 1 atom stereocenters. The molecule has 19 heavy (non-hydrogen) atoms. The van der Waals surface area contributed by atoms with Gasteiger partial charge in [-0.1, -0.05) is 56.9 Å². The van der Waals surface area contributed by atoms with E-state index in [1.807, 2.05) is 0 Å². The number of hydrogen-bond acceptors (Lipinski definition) is 3. The van der Waals surface area contributed by atoms with Gasteiger partial charge < -0.3 is 10.2 Å². The van der Waals surface area contributed by atoms with Gasteiger partial charge in [0.2, 0.25) is 0 Å². The zero-order chi connectivity index (χ0) is 14.1. The lowest BCUT2D eigenvalue weighted by atomic mass is 10.0. The van der Waals surface area contributed by atoms with E-state index in [-0.39, 0.29) is 12.4 Å². The number of benzene rings is 1. The normalized spacial score (nSPS) is 12.4. The molecule has 0 saturated carbocycles. The van der Waals surface area contributed by atoms with Crippen LogP contribution >= 0.6 is 0 Å². The molecule has 1 unspecified atom stereocenters. The van der Waals surface area contributed by atoms with Crippen molar-refractivity contribution in [3.8, 4) is 0 Å². The molecule has 0 radical (unpaired) electrons. The molecule has 0 aromatic heterocycles. The maximum Gasteiger partial charge on any atom is 0.162 e. The largest absolute Gasteiger partial charge is 0.393 e. The van der Waals surface area contributed by atoms with Gasteiger partial charge in [-0.2, -0.15) is 0 Å². The third-order valence-corrected chi connectivity index (χ3v) is 3.30. The van der Waals surface area contributed by atoms with E-state index in [9.17, 15) is 9.90 Å². The topological polar surface area (TPSA) is 57.5 Å². The molecule has 0 amide bonds. The van der Waals surface area contributed by atoms with Crippen LogP contribution in [0.25, 0.3) is 0 Å². The van der Waals surface area contributed by atoms with Gasteiger partial charge in [0.15, 0.2) is 5.78 Å². The van der Waals surface area contributed by atoms with Crippen LogP contribution in [0.1, 0.15) is 67.5 Å². The van der Waals surface area contributed by atoms with E-state index in [1.165, 1.54) is 19.3 Å². The Morgan fingerprint density at radius 2 is 1.74 bits per heavy atom. The molecule has 106 valence electrons. The van der Waals surface area contributed by atoms with Crippen LogP contribution in [0, 0.1) is 0 Å². The molecule has 1 aromatic carbocycles. The molecule has 0 fully saturated rings. The molecule has 0 saturated heterocycles. The van der Waals surface area contributed by atoms with E-state index >= 15 is 0 Å². The van der Waals surface area contributed by atoms with Crippen molar-refractivity contribution in [2.24, 2.45) is 0 Å². The average Bonchev–Trinajstić information content (AvgIpc) is 2.46. The summed E-state index contributed by atoms with van der Waals surface area (Å²) in [5, 5.41) is 18.3. The van der Waals surface area contributed by atoms with Gasteiger partial charge in [0.25, 0.3) is 0 Å². The lowest BCUT2D eigenvalue weighted by molar-refractivity contribution is 0.0952. The fourth-order valence-electron chi connectivity index (χ4n) is 2.03. The lowest BCUT2D eigenvalue weighted by Crippen LogP contribution is -2.04. The van der Waals surface area contributed by atoms with E-state index in [2.05, 4.69) is 6.92 Å². The number of hydrogen-bond donors (Lipinski definition) is 2. The Bertz CT molecular complexity index is 370. The minimum atomic E-state index is -0.863. The predicted molar refractivity (Wildman–Crippen MR) is 76.2 cm³/mol. The molecule has 0 heterocycles. The third kappa shape index (κ3) is 5.53. The number of unbranched alkanes of at least 4 members (excludes halogenated alkanes) is 4.